The molecule has 0 saturated carbocycles. The van der Waals surface area contributed by atoms with Gasteiger partial charge in [0.25, 0.3) is 0 Å². The van der Waals surface area contributed by atoms with Crippen molar-refractivity contribution in [1.29, 1.82) is 0 Å². The standard InChI is InChI=1S/C29H19F7/c1-2-3-16-4-6-17(7-5-16)18-8-11-22(24(31)12-18)28(35)27(34)19-9-10-21(23(30)13-19)20-14-25(32)29(36)26(33)15-20/h4-15H,2-3H2,1H3. The fraction of sp³-hybridized carbons (Fsp3) is 0.103. The molecule has 0 aliphatic rings. The Balaban J connectivity index is 1.64. The monoisotopic (exact) mass is 500 g/mol. The van der Waals surface area contributed by atoms with Crippen LogP contribution in [0.25, 0.3) is 33.9 Å². The highest BCUT2D eigenvalue weighted by Gasteiger charge is 2.19. The number of benzene rings is 4. The van der Waals surface area contributed by atoms with Crippen molar-refractivity contribution in [1.82, 2.24) is 0 Å². The molecule has 0 aromatic heterocycles. The third kappa shape index (κ3) is 5.05. The normalized spacial score (nSPS) is 12.0. The molecule has 36 heavy (non-hydrogen) atoms. The van der Waals surface area contributed by atoms with Gasteiger partial charge in [0.15, 0.2) is 29.1 Å². The summed E-state index contributed by atoms with van der Waals surface area (Å²) in [5, 5.41) is 0. The first-order valence-corrected chi connectivity index (χ1v) is 11.1. The minimum atomic E-state index is -1.71. The summed E-state index contributed by atoms with van der Waals surface area (Å²) in [6.07, 6.45) is 1.89. The summed E-state index contributed by atoms with van der Waals surface area (Å²) in [7, 11) is 0. The smallest absolute Gasteiger partial charge is 0.194 e. The maximum atomic E-state index is 14.9. The van der Waals surface area contributed by atoms with E-state index in [-0.39, 0.29) is 11.1 Å². The minimum absolute atomic E-state index is 0.329. The summed E-state index contributed by atoms with van der Waals surface area (Å²) >= 11 is 0. The summed E-state index contributed by atoms with van der Waals surface area (Å²) in [6.45, 7) is 2.06. The Kier molecular flexibility index (Phi) is 7.29. The van der Waals surface area contributed by atoms with Crippen molar-refractivity contribution in [2.24, 2.45) is 0 Å². The van der Waals surface area contributed by atoms with Crippen molar-refractivity contribution in [3.63, 3.8) is 0 Å². The minimum Gasteiger partial charge on any atom is -0.206 e. The summed E-state index contributed by atoms with van der Waals surface area (Å²) in [5.74, 6) is -9.97. The van der Waals surface area contributed by atoms with E-state index in [0.717, 1.165) is 42.7 Å². The predicted molar refractivity (Wildman–Crippen MR) is 127 cm³/mol. The third-order valence-corrected chi connectivity index (χ3v) is 5.74. The lowest BCUT2D eigenvalue weighted by molar-refractivity contribution is 0.447. The van der Waals surface area contributed by atoms with Gasteiger partial charge in [-0.2, -0.15) is 0 Å². The molecule has 7 heteroatoms. The third-order valence-electron chi connectivity index (χ3n) is 5.74. The van der Waals surface area contributed by atoms with Gasteiger partial charge in [-0.25, -0.2) is 30.7 Å². The van der Waals surface area contributed by atoms with E-state index in [1.54, 1.807) is 0 Å². The van der Waals surface area contributed by atoms with Crippen LogP contribution in [0.1, 0.15) is 30.0 Å². The van der Waals surface area contributed by atoms with Crippen molar-refractivity contribution in [2.75, 3.05) is 0 Å². The van der Waals surface area contributed by atoms with Crippen molar-refractivity contribution in [3.05, 3.63) is 119 Å². The second-order valence-electron chi connectivity index (χ2n) is 8.22. The average Bonchev–Trinajstić information content (AvgIpc) is 2.86. The van der Waals surface area contributed by atoms with Gasteiger partial charge in [-0.3, -0.25) is 0 Å². The highest BCUT2D eigenvalue weighted by molar-refractivity contribution is 5.84. The first-order chi connectivity index (χ1) is 17.2. The summed E-state index contributed by atoms with van der Waals surface area (Å²) < 4.78 is 99.2. The molecule has 4 aromatic rings. The molecule has 0 bridgehead atoms. The average molecular weight is 500 g/mol. The highest BCUT2D eigenvalue weighted by atomic mass is 19.2. The molecule has 4 aromatic carbocycles. The Morgan fingerprint density at radius 3 is 1.78 bits per heavy atom. The molecule has 184 valence electrons. The lowest BCUT2D eigenvalue weighted by Gasteiger charge is -2.09. The van der Waals surface area contributed by atoms with Gasteiger partial charge >= 0.3 is 0 Å². The largest absolute Gasteiger partial charge is 0.206 e. The molecule has 0 N–H and O–H groups in total. The topological polar surface area (TPSA) is 0 Å². The fourth-order valence-electron chi connectivity index (χ4n) is 3.87. The van der Waals surface area contributed by atoms with Gasteiger partial charge in [-0.05, 0) is 59.0 Å². The van der Waals surface area contributed by atoms with Gasteiger partial charge in [0, 0.05) is 16.7 Å². The lowest BCUT2D eigenvalue weighted by Crippen LogP contribution is -1.95. The lowest BCUT2D eigenvalue weighted by atomic mass is 9.99. The van der Waals surface area contributed by atoms with Crippen LogP contribution < -0.4 is 0 Å². The molecule has 0 fully saturated rings. The highest BCUT2D eigenvalue weighted by Crippen LogP contribution is 2.34. The van der Waals surface area contributed by atoms with Crippen LogP contribution in [-0.2, 0) is 6.42 Å². The molecule has 0 saturated heterocycles. The van der Waals surface area contributed by atoms with Gasteiger partial charge in [-0.15, -0.1) is 0 Å². The van der Waals surface area contributed by atoms with E-state index >= 15 is 0 Å². The molecule has 0 atom stereocenters. The van der Waals surface area contributed by atoms with Crippen molar-refractivity contribution >= 4 is 11.7 Å². The molecule has 0 spiro atoms. The van der Waals surface area contributed by atoms with Crippen molar-refractivity contribution in [2.45, 2.75) is 19.8 Å². The summed E-state index contributed by atoms with van der Waals surface area (Å²) in [4.78, 5) is 0. The Bertz CT molecular complexity index is 1430. The van der Waals surface area contributed by atoms with Crippen LogP contribution in [0.3, 0.4) is 0 Å². The predicted octanol–water partition coefficient (Wildman–Crippen LogP) is 9.43. The van der Waals surface area contributed by atoms with Crippen LogP contribution in [0.4, 0.5) is 30.7 Å². The number of halogens is 7. The van der Waals surface area contributed by atoms with Crippen LogP contribution in [0.2, 0.25) is 0 Å². The van der Waals surface area contributed by atoms with Crippen LogP contribution in [0, 0.1) is 29.1 Å². The van der Waals surface area contributed by atoms with Gasteiger partial charge < -0.3 is 0 Å². The molecule has 0 unspecified atom stereocenters. The number of hydrogen-bond donors (Lipinski definition) is 0. The van der Waals surface area contributed by atoms with E-state index in [1.165, 1.54) is 6.07 Å². The van der Waals surface area contributed by atoms with E-state index in [1.807, 2.05) is 24.3 Å². The van der Waals surface area contributed by atoms with Crippen LogP contribution in [0.15, 0.2) is 72.8 Å². The Morgan fingerprint density at radius 1 is 0.583 bits per heavy atom. The van der Waals surface area contributed by atoms with Gasteiger partial charge in [0.1, 0.15) is 11.6 Å². The Labute approximate surface area is 203 Å². The first kappa shape index (κ1) is 25.2. The number of hydrogen-bond acceptors (Lipinski definition) is 0. The summed E-state index contributed by atoms with van der Waals surface area (Å²) in [5.41, 5.74) is 0.424. The molecular weight excluding hydrogens is 481 g/mol. The van der Waals surface area contributed by atoms with Crippen molar-refractivity contribution < 1.29 is 30.7 Å². The Hall–Kier alpha value is -3.87. The quantitative estimate of drug-likeness (QED) is 0.141. The van der Waals surface area contributed by atoms with Gasteiger partial charge in [-0.1, -0.05) is 55.8 Å². The second kappa shape index (κ2) is 10.4. The second-order valence-corrected chi connectivity index (χ2v) is 8.22. The zero-order chi connectivity index (χ0) is 26.0. The maximum absolute atomic E-state index is 14.9. The molecule has 0 heterocycles. The molecule has 0 nitrogen and oxygen atoms in total. The summed E-state index contributed by atoms with van der Waals surface area (Å²) in [6, 6.07) is 14.8. The van der Waals surface area contributed by atoms with E-state index in [4.69, 9.17) is 0 Å². The van der Waals surface area contributed by atoms with E-state index in [0.29, 0.717) is 29.3 Å². The Morgan fingerprint density at radius 2 is 1.19 bits per heavy atom. The SMILES string of the molecule is CCCc1ccc(-c2ccc(C(F)=C(F)c3ccc(-c4cc(F)c(F)c(F)c4)c(F)c3)c(F)c2)cc1. The van der Waals surface area contributed by atoms with Crippen LogP contribution >= 0.6 is 0 Å². The van der Waals surface area contributed by atoms with Gasteiger partial charge in [0.2, 0.25) is 0 Å². The van der Waals surface area contributed by atoms with Gasteiger partial charge in [0.05, 0.1) is 0 Å². The van der Waals surface area contributed by atoms with E-state index < -0.39 is 51.9 Å². The zero-order valence-corrected chi connectivity index (χ0v) is 19.0. The number of aryl methyl sites for hydroxylation is 1. The van der Waals surface area contributed by atoms with E-state index in [9.17, 15) is 30.7 Å². The van der Waals surface area contributed by atoms with E-state index in [2.05, 4.69) is 6.92 Å². The molecular formula is C29H19F7. The molecule has 0 aliphatic heterocycles. The van der Waals surface area contributed by atoms with Crippen LogP contribution in [-0.4, -0.2) is 0 Å². The number of rotatable bonds is 6. The van der Waals surface area contributed by atoms with Crippen molar-refractivity contribution in [3.8, 4) is 22.3 Å². The molecule has 4 rings (SSSR count). The zero-order valence-electron chi connectivity index (χ0n) is 19.0. The molecule has 0 aliphatic carbocycles. The first-order valence-electron chi connectivity index (χ1n) is 11.1. The van der Waals surface area contributed by atoms with Crippen LogP contribution in [0.5, 0.6) is 0 Å². The maximum Gasteiger partial charge on any atom is 0.194 e. The molecule has 0 amide bonds. The molecule has 0 radical (unpaired) electrons. The fourth-order valence-corrected chi connectivity index (χ4v) is 3.87.